The SMILES string of the molecule is O=C(OP)c1cc2[nH]ccc2s1. The Kier molecular flexibility index (Phi) is 1.87. The summed E-state index contributed by atoms with van der Waals surface area (Å²) in [6.45, 7) is 0. The first-order valence-corrected chi connectivity index (χ1v) is 4.58. The molecule has 1 unspecified atom stereocenters. The summed E-state index contributed by atoms with van der Waals surface area (Å²) in [5.74, 6) is -0.311. The smallest absolute Gasteiger partial charge is 0.350 e. The Hall–Kier alpha value is -0.860. The summed E-state index contributed by atoms with van der Waals surface area (Å²) in [7, 11) is 1.94. The van der Waals surface area contributed by atoms with Crippen LogP contribution in [0.5, 0.6) is 0 Å². The van der Waals surface area contributed by atoms with Gasteiger partial charge in [0, 0.05) is 6.20 Å². The molecule has 1 atom stereocenters. The molecule has 0 saturated heterocycles. The van der Waals surface area contributed by atoms with Crippen LogP contribution in [0, 0.1) is 0 Å². The summed E-state index contributed by atoms with van der Waals surface area (Å²) >= 11 is 1.42. The van der Waals surface area contributed by atoms with Crippen molar-refractivity contribution in [3.63, 3.8) is 0 Å². The largest absolute Gasteiger partial charge is 0.447 e. The van der Waals surface area contributed by atoms with E-state index in [9.17, 15) is 4.79 Å². The fourth-order valence-corrected chi connectivity index (χ4v) is 2.13. The quantitative estimate of drug-likeness (QED) is 0.715. The average Bonchev–Trinajstić information content (AvgIpc) is 2.60. The van der Waals surface area contributed by atoms with Gasteiger partial charge in [-0.3, -0.25) is 0 Å². The summed E-state index contributed by atoms with van der Waals surface area (Å²) in [5, 5.41) is 0. The fourth-order valence-electron chi connectivity index (χ4n) is 1.01. The van der Waals surface area contributed by atoms with E-state index in [2.05, 4.69) is 9.51 Å². The van der Waals surface area contributed by atoms with E-state index in [1.165, 1.54) is 11.3 Å². The Morgan fingerprint density at radius 3 is 3.17 bits per heavy atom. The van der Waals surface area contributed by atoms with Gasteiger partial charge in [0.05, 0.1) is 19.7 Å². The number of thiophene rings is 1. The van der Waals surface area contributed by atoms with Crippen LogP contribution < -0.4 is 0 Å². The molecule has 0 aliphatic rings. The molecular weight excluding hydrogens is 193 g/mol. The van der Waals surface area contributed by atoms with E-state index >= 15 is 0 Å². The van der Waals surface area contributed by atoms with Gasteiger partial charge in [-0.15, -0.1) is 11.3 Å². The number of aromatic amines is 1. The molecule has 2 heterocycles. The Bertz CT molecular complexity index is 391. The first kappa shape index (κ1) is 7.77. The van der Waals surface area contributed by atoms with E-state index in [1.54, 1.807) is 6.07 Å². The second-order valence-electron chi connectivity index (χ2n) is 2.27. The molecule has 5 heteroatoms. The third-order valence-corrected chi connectivity index (χ3v) is 2.84. The van der Waals surface area contributed by atoms with E-state index in [4.69, 9.17) is 0 Å². The number of hydrogen-bond donors (Lipinski definition) is 1. The number of carbonyl (C=O) groups is 1. The number of carbonyl (C=O) groups excluding carboxylic acids is 1. The van der Waals surface area contributed by atoms with Crippen molar-refractivity contribution in [1.29, 1.82) is 0 Å². The lowest BCUT2D eigenvalue weighted by Crippen LogP contribution is -1.92. The molecule has 2 aromatic rings. The Balaban J connectivity index is 2.51. The number of rotatable bonds is 1. The number of hydrogen-bond acceptors (Lipinski definition) is 3. The molecule has 3 nitrogen and oxygen atoms in total. The second-order valence-corrected chi connectivity index (χ2v) is 3.59. The van der Waals surface area contributed by atoms with Crippen molar-refractivity contribution < 1.29 is 9.32 Å². The second kappa shape index (κ2) is 2.88. The topological polar surface area (TPSA) is 42.1 Å². The fraction of sp³-hybridized carbons (Fsp3) is 0. The third kappa shape index (κ3) is 1.13. The van der Waals surface area contributed by atoms with Crippen LogP contribution in [0.15, 0.2) is 18.3 Å². The monoisotopic (exact) mass is 199 g/mol. The third-order valence-electron chi connectivity index (χ3n) is 1.54. The molecule has 0 aromatic carbocycles. The summed E-state index contributed by atoms with van der Waals surface area (Å²) in [6.07, 6.45) is 1.84. The van der Waals surface area contributed by atoms with Gasteiger partial charge >= 0.3 is 5.97 Å². The maximum atomic E-state index is 11.0. The summed E-state index contributed by atoms with van der Waals surface area (Å²) in [5.41, 5.74) is 0.977. The predicted octanol–water partition coefficient (Wildman–Crippen LogP) is 2.18. The van der Waals surface area contributed by atoms with Crippen molar-refractivity contribution in [2.75, 3.05) is 0 Å². The molecule has 12 heavy (non-hydrogen) atoms. The van der Waals surface area contributed by atoms with Crippen LogP contribution in [0.25, 0.3) is 10.2 Å². The predicted molar refractivity (Wildman–Crippen MR) is 51.3 cm³/mol. The highest BCUT2D eigenvalue weighted by molar-refractivity contribution is 7.21. The number of H-pyrrole nitrogens is 1. The van der Waals surface area contributed by atoms with Crippen molar-refractivity contribution in [3.05, 3.63) is 23.2 Å². The zero-order chi connectivity index (χ0) is 8.55. The molecule has 0 aliphatic heterocycles. The molecule has 1 N–H and O–H groups in total. The number of aromatic nitrogens is 1. The van der Waals surface area contributed by atoms with Crippen LogP contribution in [0.2, 0.25) is 0 Å². The zero-order valence-corrected chi connectivity index (χ0v) is 8.01. The molecule has 0 bridgehead atoms. The van der Waals surface area contributed by atoms with Gasteiger partial charge in [-0.1, -0.05) is 0 Å². The summed E-state index contributed by atoms with van der Waals surface area (Å²) in [4.78, 5) is 14.7. The van der Waals surface area contributed by atoms with Gasteiger partial charge in [-0.2, -0.15) is 0 Å². The first-order chi connectivity index (χ1) is 5.81. The standard InChI is InChI=1S/C7H6NO2PS/c9-7(10-11)6-3-4-5(12-6)1-2-8-4/h1-3,8H,11H2. The minimum absolute atomic E-state index is 0.311. The normalized spacial score (nSPS) is 10.4. The molecule has 2 aromatic heterocycles. The molecule has 0 amide bonds. The lowest BCUT2D eigenvalue weighted by molar-refractivity contribution is 0.0770. The van der Waals surface area contributed by atoms with E-state index in [0.717, 1.165) is 10.2 Å². The summed E-state index contributed by atoms with van der Waals surface area (Å²) < 4.78 is 5.58. The highest BCUT2D eigenvalue weighted by Gasteiger charge is 2.09. The van der Waals surface area contributed by atoms with Gasteiger partial charge in [0.1, 0.15) is 4.88 Å². The number of nitrogens with one attached hydrogen (secondary N) is 1. The van der Waals surface area contributed by atoms with E-state index in [-0.39, 0.29) is 5.97 Å². The van der Waals surface area contributed by atoms with E-state index in [1.807, 2.05) is 21.7 Å². The van der Waals surface area contributed by atoms with Gasteiger partial charge in [0.2, 0.25) is 0 Å². The molecule has 2 rings (SSSR count). The number of fused-ring (bicyclic) bond motifs is 1. The van der Waals surface area contributed by atoms with Crippen LogP contribution in [-0.2, 0) is 4.52 Å². The molecule has 62 valence electrons. The maximum Gasteiger partial charge on any atom is 0.350 e. The van der Waals surface area contributed by atoms with Gasteiger partial charge in [-0.25, -0.2) is 4.79 Å². The van der Waals surface area contributed by atoms with E-state index < -0.39 is 0 Å². The van der Waals surface area contributed by atoms with Crippen LogP contribution in [0.3, 0.4) is 0 Å². The van der Waals surface area contributed by atoms with Gasteiger partial charge in [-0.05, 0) is 12.1 Å². The molecule has 0 saturated carbocycles. The Labute approximate surface area is 75.0 Å². The van der Waals surface area contributed by atoms with Crippen LogP contribution in [-0.4, -0.2) is 11.0 Å². The van der Waals surface area contributed by atoms with Crippen molar-refractivity contribution in [2.45, 2.75) is 0 Å². The van der Waals surface area contributed by atoms with Crippen molar-refractivity contribution in [1.82, 2.24) is 4.98 Å². The Morgan fingerprint density at radius 2 is 2.50 bits per heavy atom. The average molecular weight is 199 g/mol. The minimum atomic E-state index is -0.311. The molecule has 0 radical (unpaired) electrons. The van der Waals surface area contributed by atoms with Crippen LogP contribution in [0.4, 0.5) is 0 Å². The first-order valence-electron chi connectivity index (χ1n) is 3.29. The zero-order valence-electron chi connectivity index (χ0n) is 6.03. The van der Waals surface area contributed by atoms with Gasteiger partial charge < -0.3 is 9.51 Å². The van der Waals surface area contributed by atoms with Crippen molar-refractivity contribution in [2.24, 2.45) is 0 Å². The van der Waals surface area contributed by atoms with Crippen molar-refractivity contribution >= 4 is 37.0 Å². The highest BCUT2D eigenvalue weighted by atomic mass is 32.1. The van der Waals surface area contributed by atoms with Crippen molar-refractivity contribution in [3.8, 4) is 0 Å². The Morgan fingerprint density at radius 1 is 1.67 bits per heavy atom. The van der Waals surface area contributed by atoms with E-state index in [0.29, 0.717) is 4.88 Å². The minimum Gasteiger partial charge on any atom is -0.447 e. The molecule has 0 fully saturated rings. The maximum absolute atomic E-state index is 11.0. The highest BCUT2D eigenvalue weighted by Crippen LogP contribution is 2.25. The van der Waals surface area contributed by atoms with Crippen LogP contribution >= 0.6 is 20.8 Å². The molecule has 0 aliphatic carbocycles. The lowest BCUT2D eigenvalue weighted by Gasteiger charge is -1.90. The summed E-state index contributed by atoms with van der Waals surface area (Å²) in [6, 6.07) is 3.71. The molecule has 0 spiro atoms. The van der Waals surface area contributed by atoms with Crippen LogP contribution in [0.1, 0.15) is 9.67 Å². The van der Waals surface area contributed by atoms with Gasteiger partial charge in [0.15, 0.2) is 0 Å². The lowest BCUT2D eigenvalue weighted by atomic mass is 10.4. The molecular formula is C7H6NO2PS. The van der Waals surface area contributed by atoms with Gasteiger partial charge in [0.25, 0.3) is 0 Å².